The Morgan fingerprint density at radius 1 is 1.59 bits per heavy atom. The minimum absolute atomic E-state index is 0.214. The molecule has 1 aliphatic heterocycles. The monoisotopic (exact) mass is 256 g/mol. The SMILES string of the molecule is COc1cc(N)c(Cl)cc1C(=O)N1CC(O)C1. The fourth-order valence-electron chi connectivity index (χ4n) is 1.70. The van der Waals surface area contributed by atoms with Crippen LogP contribution in [0.2, 0.25) is 5.02 Å². The van der Waals surface area contributed by atoms with Gasteiger partial charge in [0, 0.05) is 19.2 Å². The zero-order valence-corrected chi connectivity index (χ0v) is 10.1. The molecule has 92 valence electrons. The molecule has 1 aromatic carbocycles. The van der Waals surface area contributed by atoms with Crippen molar-refractivity contribution in [2.24, 2.45) is 0 Å². The number of hydrogen-bond donors (Lipinski definition) is 2. The van der Waals surface area contributed by atoms with Crippen molar-refractivity contribution in [3.63, 3.8) is 0 Å². The van der Waals surface area contributed by atoms with Crippen molar-refractivity contribution < 1.29 is 14.6 Å². The molecule has 1 aromatic rings. The van der Waals surface area contributed by atoms with E-state index in [1.807, 2.05) is 0 Å². The lowest BCUT2D eigenvalue weighted by Crippen LogP contribution is -2.53. The largest absolute Gasteiger partial charge is 0.496 e. The van der Waals surface area contributed by atoms with Crippen LogP contribution in [0.3, 0.4) is 0 Å². The van der Waals surface area contributed by atoms with E-state index >= 15 is 0 Å². The third kappa shape index (κ3) is 2.16. The van der Waals surface area contributed by atoms with Gasteiger partial charge in [-0.15, -0.1) is 0 Å². The van der Waals surface area contributed by atoms with Gasteiger partial charge in [0.1, 0.15) is 5.75 Å². The van der Waals surface area contributed by atoms with Gasteiger partial charge in [-0.2, -0.15) is 0 Å². The van der Waals surface area contributed by atoms with E-state index in [1.165, 1.54) is 24.1 Å². The molecule has 1 fully saturated rings. The van der Waals surface area contributed by atoms with Gasteiger partial charge in [0.05, 0.1) is 29.5 Å². The van der Waals surface area contributed by atoms with Crippen LogP contribution in [-0.4, -0.2) is 42.2 Å². The van der Waals surface area contributed by atoms with Gasteiger partial charge in [0.15, 0.2) is 0 Å². The van der Waals surface area contributed by atoms with Crippen molar-refractivity contribution in [2.45, 2.75) is 6.10 Å². The molecule has 5 nitrogen and oxygen atoms in total. The number of carbonyl (C=O) groups is 1. The van der Waals surface area contributed by atoms with Crippen LogP contribution in [0.4, 0.5) is 5.69 Å². The van der Waals surface area contributed by atoms with Gasteiger partial charge in [0.2, 0.25) is 0 Å². The number of methoxy groups -OCH3 is 1. The number of nitrogen functional groups attached to an aromatic ring is 1. The van der Waals surface area contributed by atoms with Crippen LogP contribution >= 0.6 is 11.6 Å². The molecule has 0 aliphatic carbocycles. The highest BCUT2D eigenvalue weighted by molar-refractivity contribution is 6.33. The number of halogens is 1. The number of aliphatic hydroxyl groups is 1. The van der Waals surface area contributed by atoms with Crippen LogP contribution in [0, 0.1) is 0 Å². The lowest BCUT2D eigenvalue weighted by atomic mass is 10.1. The summed E-state index contributed by atoms with van der Waals surface area (Å²) < 4.78 is 5.10. The number of nitrogens with two attached hydrogens (primary N) is 1. The molecule has 1 amide bonds. The number of hydrogen-bond acceptors (Lipinski definition) is 4. The van der Waals surface area contributed by atoms with Crippen molar-refractivity contribution in [1.29, 1.82) is 0 Å². The Morgan fingerprint density at radius 2 is 2.24 bits per heavy atom. The molecule has 0 aromatic heterocycles. The maximum absolute atomic E-state index is 12.1. The fraction of sp³-hybridized carbons (Fsp3) is 0.364. The van der Waals surface area contributed by atoms with Crippen LogP contribution in [0.5, 0.6) is 5.75 Å². The van der Waals surface area contributed by atoms with Gasteiger partial charge >= 0.3 is 0 Å². The number of ether oxygens (including phenoxy) is 1. The Balaban J connectivity index is 2.30. The van der Waals surface area contributed by atoms with Gasteiger partial charge < -0.3 is 20.5 Å². The van der Waals surface area contributed by atoms with E-state index < -0.39 is 6.10 Å². The third-order valence-electron chi connectivity index (χ3n) is 2.70. The number of amides is 1. The lowest BCUT2D eigenvalue weighted by Gasteiger charge is -2.36. The summed E-state index contributed by atoms with van der Waals surface area (Å²) >= 11 is 5.88. The Morgan fingerprint density at radius 3 is 2.76 bits per heavy atom. The summed E-state index contributed by atoms with van der Waals surface area (Å²) in [4.78, 5) is 13.6. The van der Waals surface area contributed by atoms with E-state index in [0.29, 0.717) is 35.1 Å². The summed E-state index contributed by atoms with van der Waals surface area (Å²) in [7, 11) is 1.46. The van der Waals surface area contributed by atoms with Crippen molar-refractivity contribution in [2.75, 3.05) is 25.9 Å². The van der Waals surface area contributed by atoms with Gasteiger partial charge in [-0.05, 0) is 6.07 Å². The second-order valence-corrected chi connectivity index (χ2v) is 4.35. The number of rotatable bonds is 2. The Bertz CT molecular complexity index is 458. The summed E-state index contributed by atoms with van der Waals surface area (Å²) in [5.41, 5.74) is 6.36. The molecular formula is C11H13ClN2O3. The van der Waals surface area contributed by atoms with E-state index in [2.05, 4.69) is 0 Å². The molecule has 1 aliphatic rings. The Labute approximate surface area is 104 Å². The molecule has 0 atom stereocenters. The van der Waals surface area contributed by atoms with Crippen molar-refractivity contribution in [3.8, 4) is 5.75 Å². The fourth-order valence-corrected chi connectivity index (χ4v) is 1.86. The predicted molar refractivity (Wildman–Crippen MR) is 64.3 cm³/mol. The first-order valence-electron chi connectivity index (χ1n) is 5.13. The highest BCUT2D eigenvalue weighted by Crippen LogP contribution is 2.30. The highest BCUT2D eigenvalue weighted by atomic mass is 35.5. The van der Waals surface area contributed by atoms with E-state index in [4.69, 9.17) is 27.2 Å². The van der Waals surface area contributed by atoms with Crippen LogP contribution < -0.4 is 10.5 Å². The first kappa shape index (κ1) is 12.0. The molecule has 2 rings (SSSR count). The molecular weight excluding hydrogens is 244 g/mol. The normalized spacial score (nSPS) is 15.6. The maximum Gasteiger partial charge on any atom is 0.257 e. The summed E-state index contributed by atoms with van der Waals surface area (Å²) in [6, 6.07) is 3.01. The zero-order valence-electron chi connectivity index (χ0n) is 9.31. The van der Waals surface area contributed by atoms with Crippen LogP contribution in [0.25, 0.3) is 0 Å². The Kier molecular flexibility index (Phi) is 3.13. The molecule has 3 N–H and O–H groups in total. The summed E-state index contributed by atoms with van der Waals surface area (Å²) in [5.74, 6) is 0.173. The van der Waals surface area contributed by atoms with Crippen LogP contribution in [0.1, 0.15) is 10.4 Å². The third-order valence-corrected chi connectivity index (χ3v) is 3.03. The second kappa shape index (κ2) is 4.43. The van der Waals surface area contributed by atoms with E-state index in [0.717, 1.165) is 0 Å². The highest BCUT2D eigenvalue weighted by Gasteiger charge is 2.31. The first-order valence-corrected chi connectivity index (χ1v) is 5.51. The summed E-state index contributed by atoms with van der Waals surface area (Å²) in [5, 5.41) is 9.48. The van der Waals surface area contributed by atoms with Crippen LogP contribution in [0.15, 0.2) is 12.1 Å². The molecule has 0 saturated carbocycles. The number of likely N-dealkylation sites (tertiary alicyclic amines) is 1. The summed E-state index contributed by atoms with van der Waals surface area (Å²) in [6.45, 7) is 0.675. The number of nitrogens with zero attached hydrogens (tertiary/aromatic N) is 1. The quantitative estimate of drug-likeness (QED) is 0.766. The minimum Gasteiger partial charge on any atom is -0.496 e. The number of anilines is 1. The van der Waals surface area contributed by atoms with Gasteiger partial charge in [-0.1, -0.05) is 11.6 Å². The topological polar surface area (TPSA) is 75.8 Å². The molecule has 17 heavy (non-hydrogen) atoms. The smallest absolute Gasteiger partial charge is 0.257 e. The molecule has 1 saturated heterocycles. The lowest BCUT2D eigenvalue weighted by molar-refractivity contribution is 0.00570. The van der Waals surface area contributed by atoms with E-state index in [1.54, 1.807) is 0 Å². The van der Waals surface area contributed by atoms with Crippen LogP contribution in [-0.2, 0) is 0 Å². The predicted octanol–water partition coefficient (Wildman–Crippen LogP) is 0.748. The van der Waals surface area contributed by atoms with Gasteiger partial charge in [0.25, 0.3) is 5.91 Å². The van der Waals surface area contributed by atoms with Crippen molar-refractivity contribution in [3.05, 3.63) is 22.7 Å². The molecule has 0 unspecified atom stereocenters. The maximum atomic E-state index is 12.1. The number of aliphatic hydroxyl groups excluding tert-OH is 1. The molecule has 0 radical (unpaired) electrons. The van der Waals surface area contributed by atoms with Crippen molar-refractivity contribution in [1.82, 2.24) is 4.90 Å². The minimum atomic E-state index is -0.436. The molecule has 0 spiro atoms. The number of β-amino-alcohol motifs (C(OH)–C–C–N with tert-alkyl or cyclic N) is 1. The molecule has 0 bridgehead atoms. The van der Waals surface area contributed by atoms with E-state index in [-0.39, 0.29) is 5.91 Å². The molecule has 6 heteroatoms. The average molecular weight is 257 g/mol. The van der Waals surface area contributed by atoms with Crippen molar-refractivity contribution >= 4 is 23.2 Å². The standard InChI is InChI=1S/C11H13ClN2O3/c1-17-10-3-9(13)8(12)2-7(10)11(16)14-4-6(15)5-14/h2-3,6,15H,4-5,13H2,1H3. The zero-order chi connectivity index (χ0) is 12.6. The van der Waals surface area contributed by atoms with Gasteiger partial charge in [-0.25, -0.2) is 0 Å². The number of benzene rings is 1. The van der Waals surface area contributed by atoms with Gasteiger partial charge in [-0.3, -0.25) is 4.79 Å². The Hall–Kier alpha value is -1.46. The average Bonchev–Trinajstić information content (AvgIpc) is 2.27. The van der Waals surface area contributed by atoms with E-state index in [9.17, 15) is 4.79 Å². The summed E-state index contributed by atoms with van der Waals surface area (Å²) in [6.07, 6.45) is -0.436. The second-order valence-electron chi connectivity index (χ2n) is 3.94. The molecule has 1 heterocycles. The number of carbonyl (C=O) groups excluding carboxylic acids is 1. The first-order chi connectivity index (χ1) is 8.02.